The van der Waals surface area contributed by atoms with E-state index in [0.717, 1.165) is 36.1 Å². The maximum absolute atomic E-state index is 13.5. The van der Waals surface area contributed by atoms with Crippen LogP contribution in [0, 0.1) is 13.8 Å². The van der Waals surface area contributed by atoms with Crippen molar-refractivity contribution in [2.75, 3.05) is 13.2 Å². The van der Waals surface area contributed by atoms with Crippen LogP contribution in [0.5, 0.6) is 5.75 Å². The molecule has 1 N–H and O–H groups in total. The fourth-order valence-corrected chi connectivity index (χ4v) is 5.26. The number of hydrogen-bond acceptors (Lipinski definition) is 6. The van der Waals surface area contributed by atoms with Gasteiger partial charge in [0.1, 0.15) is 17.1 Å². The number of pyridine rings is 1. The lowest BCUT2D eigenvalue weighted by molar-refractivity contribution is -0.139. The van der Waals surface area contributed by atoms with E-state index in [1.165, 1.54) is 0 Å². The maximum atomic E-state index is 13.5. The first-order chi connectivity index (χ1) is 19.4. The summed E-state index contributed by atoms with van der Waals surface area (Å²) in [4.78, 5) is 37.2. The first-order valence-corrected chi connectivity index (χ1v) is 13.8. The Labute approximate surface area is 233 Å². The Hall–Kier alpha value is -4.40. The zero-order chi connectivity index (χ0) is 28.2. The number of likely N-dealkylation sites (tertiary alicyclic amines) is 1. The lowest BCUT2D eigenvalue weighted by atomic mass is 9.96. The summed E-state index contributed by atoms with van der Waals surface area (Å²) >= 11 is 0. The summed E-state index contributed by atoms with van der Waals surface area (Å²) in [5, 5.41) is 11.6. The minimum absolute atomic E-state index is 0.0494. The molecule has 4 aromatic rings. The van der Waals surface area contributed by atoms with Gasteiger partial charge in [-0.05, 0) is 56.0 Å². The Morgan fingerprint density at radius 1 is 1.02 bits per heavy atom. The van der Waals surface area contributed by atoms with Gasteiger partial charge in [-0.25, -0.2) is 9.97 Å². The topological polar surface area (TPSA) is 102 Å². The molecule has 1 atom stereocenters. The number of unbranched alkanes of at least 4 members (excludes halogenated alkanes) is 2. The highest BCUT2D eigenvalue weighted by atomic mass is 16.5. The van der Waals surface area contributed by atoms with Crippen LogP contribution in [0.3, 0.4) is 0 Å². The predicted octanol–water partition coefficient (Wildman–Crippen LogP) is 5.23. The van der Waals surface area contributed by atoms with Crippen LogP contribution < -0.4 is 4.74 Å². The van der Waals surface area contributed by atoms with Gasteiger partial charge in [-0.3, -0.25) is 9.59 Å². The first-order valence-electron chi connectivity index (χ1n) is 13.8. The van der Waals surface area contributed by atoms with E-state index in [2.05, 4.69) is 16.9 Å². The van der Waals surface area contributed by atoms with E-state index in [1.54, 1.807) is 17.4 Å². The number of ketones is 1. The highest BCUT2D eigenvalue weighted by Gasteiger charge is 2.46. The summed E-state index contributed by atoms with van der Waals surface area (Å²) in [6.07, 6.45) is 11.0. The van der Waals surface area contributed by atoms with Crippen LogP contribution in [-0.4, -0.2) is 53.8 Å². The number of hydrogen-bond donors (Lipinski definition) is 1. The number of ether oxygens (including phenoxy) is 1. The third-order valence-electron chi connectivity index (χ3n) is 7.44. The molecular weight excluding hydrogens is 506 g/mol. The second kappa shape index (κ2) is 11.8. The molecule has 40 heavy (non-hydrogen) atoms. The molecule has 0 radical (unpaired) electrons. The molecule has 1 aromatic carbocycles. The van der Waals surface area contributed by atoms with Crippen LogP contribution in [0.15, 0.2) is 66.9 Å². The van der Waals surface area contributed by atoms with Crippen molar-refractivity contribution in [2.24, 2.45) is 0 Å². The lowest BCUT2D eigenvalue weighted by Gasteiger charge is -2.25. The molecule has 208 valence electrons. The molecule has 1 saturated heterocycles. The summed E-state index contributed by atoms with van der Waals surface area (Å²) in [6.45, 7) is 7.54. The molecule has 0 saturated carbocycles. The number of Topliss-reactive ketones (excluding diaryl/α,β-unsaturated/α-hetero) is 1. The minimum atomic E-state index is -0.748. The Bertz CT molecular complexity index is 1540. The molecule has 0 spiro atoms. The fraction of sp³-hybridized carbons (Fsp3) is 0.355. The van der Waals surface area contributed by atoms with E-state index in [1.807, 2.05) is 71.6 Å². The summed E-state index contributed by atoms with van der Waals surface area (Å²) in [5.41, 5.74) is 3.40. The standard InChI is InChI=1S/C31H35N5O4/c1-4-5-6-19-40-24-12-10-23(11-13-24)27-25(28(37)26-22(3)35-16-7-9-21(2)30(35)33-26)29(38)31(39)36(27)17-8-15-34-18-14-32-20-34/h7,9-14,16,18,20,27,37H,4-6,8,15,17,19H2,1-3H3/b28-25+. The van der Waals surface area contributed by atoms with Crippen molar-refractivity contribution in [2.45, 2.75) is 59.0 Å². The number of amides is 1. The molecule has 5 rings (SSSR count). The van der Waals surface area contributed by atoms with Gasteiger partial charge >= 0.3 is 0 Å². The molecule has 1 aliphatic heterocycles. The van der Waals surface area contributed by atoms with Crippen molar-refractivity contribution in [1.82, 2.24) is 23.8 Å². The van der Waals surface area contributed by atoms with Gasteiger partial charge in [0.2, 0.25) is 0 Å². The van der Waals surface area contributed by atoms with E-state index in [-0.39, 0.29) is 11.3 Å². The number of aryl methyl sites for hydroxylation is 3. The monoisotopic (exact) mass is 541 g/mol. The van der Waals surface area contributed by atoms with Crippen molar-refractivity contribution >= 4 is 23.1 Å². The van der Waals surface area contributed by atoms with Gasteiger partial charge in [0.05, 0.1) is 30.2 Å². The van der Waals surface area contributed by atoms with E-state index in [0.29, 0.717) is 43.2 Å². The van der Waals surface area contributed by atoms with Gasteiger partial charge in [-0.2, -0.15) is 0 Å². The molecule has 1 unspecified atom stereocenters. The van der Waals surface area contributed by atoms with Crippen molar-refractivity contribution < 1.29 is 19.4 Å². The Morgan fingerprint density at radius 3 is 2.52 bits per heavy atom. The quantitative estimate of drug-likeness (QED) is 0.121. The van der Waals surface area contributed by atoms with Crippen molar-refractivity contribution in [3.05, 3.63) is 89.4 Å². The summed E-state index contributed by atoms with van der Waals surface area (Å²) in [6, 6.07) is 10.5. The smallest absolute Gasteiger partial charge is 0.295 e. The van der Waals surface area contributed by atoms with Crippen LogP contribution in [0.25, 0.3) is 11.4 Å². The second-order valence-corrected chi connectivity index (χ2v) is 10.2. The number of nitrogens with zero attached hydrogens (tertiary/aromatic N) is 5. The van der Waals surface area contributed by atoms with Gasteiger partial charge in [0.15, 0.2) is 5.76 Å². The fourth-order valence-electron chi connectivity index (χ4n) is 5.26. The summed E-state index contributed by atoms with van der Waals surface area (Å²) in [7, 11) is 0. The normalized spacial score (nSPS) is 16.8. The Balaban J connectivity index is 1.52. The molecule has 9 heteroatoms. The van der Waals surface area contributed by atoms with Gasteiger partial charge in [-0.1, -0.05) is 38.0 Å². The van der Waals surface area contributed by atoms with Crippen LogP contribution >= 0.6 is 0 Å². The van der Waals surface area contributed by atoms with Crippen LogP contribution in [0.1, 0.15) is 61.2 Å². The van der Waals surface area contributed by atoms with Crippen LogP contribution in [0.2, 0.25) is 0 Å². The number of carbonyl (C=O) groups excluding carboxylic acids is 2. The van der Waals surface area contributed by atoms with Gasteiger partial charge in [0, 0.05) is 31.7 Å². The molecule has 1 fully saturated rings. The van der Waals surface area contributed by atoms with Crippen molar-refractivity contribution in [1.29, 1.82) is 0 Å². The van der Waals surface area contributed by atoms with Crippen LogP contribution in [0.4, 0.5) is 0 Å². The third-order valence-corrected chi connectivity index (χ3v) is 7.44. The zero-order valence-electron chi connectivity index (χ0n) is 23.2. The molecular formula is C31H35N5O4. The highest BCUT2D eigenvalue weighted by molar-refractivity contribution is 6.46. The Kier molecular flexibility index (Phi) is 8.00. The lowest BCUT2D eigenvalue weighted by Crippen LogP contribution is -2.31. The number of imidazole rings is 2. The maximum Gasteiger partial charge on any atom is 0.295 e. The number of carbonyl (C=O) groups is 2. The highest BCUT2D eigenvalue weighted by Crippen LogP contribution is 2.40. The molecule has 3 aromatic heterocycles. The number of fused-ring (bicyclic) bond motifs is 1. The van der Waals surface area contributed by atoms with E-state index in [9.17, 15) is 14.7 Å². The third kappa shape index (κ3) is 5.23. The average molecular weight is 542 g/mol. The van der Waals surface area contributed by atoms with Gasteiger partial charge < -0.3 is 23.7 Å². The number of benzene rings is 1. The van der Waals surface area contributed by atoms with Gasteiger partial charge in [0.25, 0.3) is 11.7 Å². The van der Waals surface area contributed by atoms with Gasteiger partial charge in [-0.15, -0.1) is 0 Å². The van der Waals surface area contributed by atoms with Crippen molar-refractivity contribution in [3.8, 4) is 5.75 Å². The van der Waals surface area contributed by atoms with E-state index in [4.69, 9.17) is 4.74 Å². The molecule has 0 bridgehead atoms. The number of aromatic nitrogens is 4. The molecule has 4 heterocycles. The van der Waals surface area contributed by atoms with E-state index < -0.39 is 17.7 Å². The molecule has 9 nitrogen and oxygen atoms in total. The van der Waals surface area contributed by atoms with E-state index >= 15 is 0 Å². The average Bonchev–Trinajstić information content (AvgIpc) is 3.66. The second-order valence-electron chi connectivity index (χ2n) is 10.2. The summed E-state index contributed by atoms with van der Waals surface area (Å²) < 4.78 is 9.68. The summed E-state index contributed by atoms with van der Waals surface area (Å²) in [5.74, 6) is -0.877. The number of aliphatic hydroxyl groups is 1. The zero-order valence-corrected chi connectivity index (χ0v) is 23.2. The minimum Gasteiger partial charge on any atom is -0.505 e. The number of rotatable bonds is 11. The molecule has 0 aliphatic carbocycles. The molecule has 1 aliphatic rings. The first kappa shape index (κ1) is 27.2. The number of aliphatic hydroxyl groups excluding tert-OH is 1. The van der Waals surface area contributed by atoms with Crippen LogP contribution in [-0.2, 0) is 16.1 Å². The SMILES string of the molecule is CCCCCOc1ccc(C2/C(=C(\O)c3nc4c(C)cccn4c3C)C(=O)C(=O)N2CCCn2ccnc2)cc1. The predicted molar refractivity (Wildman–Crippen MR) is 152 cm³/mol. The van der Waals surface area contributed by atoms with Crippen molar-refractivity contribution in [3.63, 3.8) is 0 Å². The Morgan fingerprint density at radius 2 is 1.82 bits per heavy atom. The molecule has 1 amide bonds. The largest absolute Gasteiger partial charge is 0.505 e.